The van der Waals surface area contributed by atoms with Gasteiger partial charge in [-0.2, -0.15) is 5.10 Å². The first kappa shape index (κ1) is 14.7. The van der Waals surface area contributed by atoms with Crippen molar-refractivity contribution in [3.05, 3.63) is 29.3 Å². The van der Waals surface area contributed by atoms with Gasteiger partial charge in [0, 0.05) is 12.1 Å². The number of hydrogen-bond donors (Lipinski definition) is 2. The summed E-state index contributed by atoms with van der Waals surface area (Å²) in [5.41, 5.74) is 1.59. The number of rotatable bonds is 5. The van der Waals surface area contributed by atoms with E-state index >= 15 is 0 Å². The number of ether oxygens (including phenoxy) is 1. The molecule has 108 valence electrons. The van der Waals surface area contributed by atoms with E-state index in [-0.39, 0.29) is 12.5 Å². The molecule has 0 aromatic carbocycles. The highest BCUT2D eigenvalue weighted by Crippen LogP contribution is 2.25. The van der Waals surface area contributed by atoms with E-state index in [1.165, 1.54) is 0 Å². The second-order valence-electron chi connectivity index (χ2n) is 5.44. The Bertz CT molecular complexity index is 555. The SMILES string of the molecule is CC(C)(C)OC(=O)CNCc1cn[nH]c1-c1cccs1. The van der Waals surface area contributed by atoms with Crippen molar-refractivity contribution in [1.82, 2.24) is 15.5 Å². The largest absolute Gasteiger partial charge is 0.459 e. The van der Waals surface area contributed by atoms with Crippen LogP contribution in [0.15, 0.2) is 23.7 Å². The lowest BCUT2D eigenvalue weighted by atomic mass is 10.2. The highest BCUT2D eigenvalue weighted by molar-refractivity contribution is 7.13. The van der Waals surface area contributed by atoms with E-state index in [2.05, 4.69) is 15.5 Å². The van der Waals surface area contributed by atoms with Crippen molar-refractivity contribution in [2.45, 2.75) is 32.9 Å². The number of thiophene rings is 1. The minimum atomic E-state index is -0.448. The number of nitrogens with one attached hydrogen (secondary N) is 2. The van der Waals surface area contributed by atoms with Crippen LogP contribution in [0.5, 0.6) is 0 Å². The zero-order valence-corrected chi connectivity index (χ0v) is 12.7. The van der Waals surface area contributed by atoms with Gasteiger partial charge in [-0.1, -0.05) is 6.07 Å². The van der Waals surface area contributed by atoms with Gasteiger partial charge in [0.05, 0.1) is 23.3 Å². The van der Waals surface area contributed by atoms with Gasteiger partial charge in [0.15, 0.2) is 0 Å². The Morgan fingerprint density at radius 2 is 2.30 bits per heavy atom. The van der Waals surface area contributed by atoms with Crippen LogP contribution in [0, 0.1) is 0 Å². The minimum Gasteiger partial charge on any atom is -0.459 e. The summed E-state index contributed by atoms with van der Waals surface area (Å²) in [6.45, 7) is 6.33. The molecule has 0 saturated heterocycles. The Labute approximate surface area is 122 Å². The molecule has 2 aromatic rings. The molecule has 0 aliphatic carbocycles. The molecule has 0 saturated carbocycles. The van der Waals surface area contributed by atoms with Crippen LogP contribution in [-0.4, -0.2) is 28.3 Å². The molecular formula is C14H19N3O2S. The van der Waals surface area contributed by atoms with Crippen LogP contribution in [0.1, 0.15) is 26.3 Å². The van der Waals surface area contributed by atoms with Crippen LogP contribution < -0.4 is 5.32 Å². The Kier molecular flexibility index (Phi) is 4.57. The smallest absolute Gasteiger partial charge is 0.320 e. The lowest BCUT2D eigenvalue weighted by Gasteiger charge is -2.19. The number of carbonyl (C=O) groups is 1. The molecule has 0 radical (unpaired) electrons. The molecule has 5 nitrogen and oxygen atoms in total. The van der Waals surface area contributed by atoms with E-state index in [1.807, 2.05) is 38.3 Å². The third kappa shape index (κ3) is 4.18. The number of nitrogens with zero attached hydrogens (tertiary/aromatic N) is 1. The van der Waals surface area contributed by atoms with E-state index in [0.29, 0.717) is 6.54 Å². The standard InChI is InChI=1S/C14H19N3O2S/c1-14(2,3)19-12(18)9-15-7-10-8-16-17-13(10)11-5-4-6-20-11/h4-6,8,15H,7,9H2,1-3H3,(H,16,17). The molecule has 0 bridgehead atoms. The first-order valence-electron chi connectivity index (χ1n) is 6.44. The maximum Gasteiger partial charge on any atom is 0.320 e. The summed E-state index contributed by atoms with van der Waals surface area (Å²) in [7, 11) is 0. The van der Waals surface area contributed by atoms with Gasteiger partial charge in [0.2, 0.25) is 0 Å². The lowest BCUT2D eigenvalue weighted by Crippen LogP contribution is -2.31. The van der Waals surface area contributed by atoms with Crippen molar-refractivity contribution in [3.63, 3.8) is 0 Å². The van der Waals surface area contributed by atoms with Crippen LogP contribution >= 0.6 is 11.3 Å². The van der Waals surface area contributed by atoms with Crippen molar-refractivity contribution >= 4 is 17.3 Å². The first-order valence-corrected chi connectivity index (χ1v) is 7.32. The number of H-pyrrole nitrogens is 1. The van der Waals surface area contributed by atoms with Gasteiger partial charge in [0.25, 0.3) is 0 Å². The summed E-state index contributed by atoms with van der Waals surface area (Å²) in [6, 6.07) is 4.04. The molecule has 2 N–H and O–H groups in total. The third-order valence-electron chi connectivity index (χ3n) is 2.49. The van der Waals surface area contributed by atoms with Gasteiger partial charge in [0.1, 0.15) is 5.60 Å². The maximum absolute atomic E-state index is 11.6. The number of aromatic amines is 1. The van der Waals surface area contributed by atoms with Gasteiger partial charge in [-0.15, -0.1) is 11.3 Å². The van der Waals surface area contributed by atoms with Crippen LogP contribution in [0.4, 0.5) is 0 Å². The second kappa shape index (κ2) is 6.19. The van der Waals surface area contributed by atoms with Gasteiger partial charge in [-0.05, 0) is 32.2 Å². The zero-order valence-electron chi connectivity index (χ0n) is 11.9. The van der Waals surface area contributed by atoms with Crippen LogP contribution in [0.3, 0.4) is 0 Å². The Morgan fingerprint density at radius 3 is 2.95 bits per heavy atom. The molecule has 2 aromatic heterocycles. The fourth-order valence-electron chi connectivity index (χ4n) is 1.76. The molecule has 2 rings (SSSR count). The van der Waals surface area contributed by atoms with Gasteiger partial charge in [-0.3, -0.25) is 9.89 Å². The quantitative estimate of drug-likeness (QED) is 0.831. The van der Waals surface area contributed by atoms with Crippen molar-refractivity contribution < 1.29 is 9.53 Å². The highest BCUT2D eigenvalue weighted by atomic mass is 32.1. The molecular weight excluding hydrogens is 274 g/mol. The molecule has 0 fully saturated rings. The van der Waals surface area contributed by atoms with E-state index in [0.717, 1.165) is 16.1 Å². The fraction of sp³-hybridized carbons (Fsp3) is 0.429. The Hall–Kier alpha value is -1.66. The van der Waals surface area contributed by atoms with E-state index in [9.17, 15) is 4.79 Å². The average Bonchev–Trinajstić information content (AvgIpc) is 2.95. The summed E-state index contributed by atoms with van der Waals surface area (Å²) in [5, 5.41) is 12.2. The van der Waals surface area contributed by atoms with Gasteiger partial charge < -0.3 is 10.1 Å². The van der Waals surface area contributed by atoms with Crippen LogP contribution in [0.2, 0.25) is 0 Å². The topological polar surface area (TPSA) is 67.0 Å². The predicted octanol–water partition coefficient (Wildman–Crippen LogP) is 2.57. The Balaban J connectivity index is 1.87. The number of hydrogen-bond acceptors (Lipinski definition) is 5. The number of carbonyl (C=O) groups excluding carboxylic acids is 1. The molecule has 0 aliphatic heterocycles. The van der Waals surface area contributed by atoms with Gasteiger partial charge >= 0.3 is 5.97 Å². The summed E-state index contributed by atoms with van der Waals surface area (Å²) in [5.74, 6) is -0.251. The molecule has 20 heavy (non-hydrogen) atoms. The average molecular weight is 293 g/mol. The van der Waals surface area contributed by atoms with Crippen LogP contribution in [-0.2, 0) is 16.1 Å². The van der Waals surface area contributed by atoms with E-state index in [4.69, 9.17) is 4.74 Å². The molecule has 0 spiro atoms. The maximum atomic E-state index is 11.6. The molecule has 6 heteroatoms. The number of aromatic nitrogens is 2. The summed E-state index contributed by atoms with van der Waals surface area (Å²) in [6.07, 6.45) is 1.77. The molecule has 0 aliphatic rings. The summed E-state index contributed by atoms with van der Waals surface area (Å²) < 4.78 is 5.24. The zero-order chi connectivity index (χ0) is 14.6. The highest BCUT2D eigenvalue weighted by Gasteiger charge is 2.16. The third-order valence-corrected chi connectivity index (χ3v) is 3.38. The predicted molar refractivity (Wildman–Crippen MR) is 79.5 cm³/mol. The summed E-state index contributed by atoms with van der Waals surface area (Å²) >= 11 is 1.65. The second-order valence-corrected chi connectivity index (χ2v) is 6.39. The van der Waals surface area contributed by atoms with E-state index < -0.39 is 5.60 Å². The van der Waals surface area contributed by atoms with Crippen molar-refractivity contribution in [2.75, 3.05) is 6.54 Å². The van der Waals surface area contributed by atoms with Crippen molar-refractivity contribution in [2.24, 2.45) is 0 Å². The normalized spacial score (nSPS) is 11.6. The van der Waals surface area contributed by atoms with E-state index in [1.54, 1.807) is 17.5 Å². The molecule has 0 atom stereocenters. The van der Waals surface area contributed by atoms with Gasteiger partial charge in [-0.25, -0.2) is 0 Å². The molecule has 2 heterocycles. The monoisotopic (exact) mass is 293 g/mol. The minimum absolute atomic E-state index is 0.187. The molecule has 0 unspecified atom stereocenters. The number of esters is 1. The molecule has 0 amide bonds. The van der Waals surface area contributed by atoms with Crippen molar-refractivity contribution in [1.29, 1.82) is 0 Å². The summed E-state index contributed by atoms with van der Waals surface area (Å²) in [4.78, 5) is 12.7. The fourth-order valence-corrected chi connectivity index (χ4v) is 2.51. The van der Waals surface area contributed by atoms with Crippen LogP contribution in [0.25, 0.3) is 10.6 Å². The lowest BCUT2D eigenvalue weighted by molar-refractivity contribution is -0.153. The Morgan fingerprint density at radius 1 is 1.50 bits per heavy atom. The van der Waals surface area contributed by atoms with Crippen molar-refractivity contribution in [3.8, 4) is 10.6 Å². The first-order chi connectivity index (χ1) is 9.46.